The van der Waals surface area contributed by atoms with Gasteiger partial charge in [-0.2, -0.15) is 26.3 Å². The number of carbonyl (C=O) groups excluding carboxylic acids is 1. The van der Waals surface area contributed by atoms with E-state index in [2.05, 4.69) is 4.98 Å². The fraction of sp³-hybridized carbons (Fsp3) is 0.222. The number of hydrogen-bond donors (Lipinski definition) is 2. The summed E-state index contributed by atoms with van der Waals surface area (Å²) >= 11 is 0. The number of nitrogens with zero attached hydrogens (tertiary/aromatic N) is 1. The summed E-state index contributed by atoms with van der Waals surface area (Å²) in [6.07, 6.45) is -10.2. The smallest absolute Gasteiger partial charge is 0.471 e. The van der Waals surface area contributed by atoms with Crippen molar-refractivity contribution in [2.45, 2.75) is 12.4 Å². The molecule has 1 rings (SSSR count). The zero-order valence-corrected chi connectivity index (χ0v) is 9.13. The molecule has 0 aromatic carbocycles. The van der Waals surface area contributed by atoms with Crippen molar-refractivity contribution in [2.24, 2.45) is 0 Å². The minimum absolute atomic E-state index is 0.0556. The SMILES string of the molecule is O=C(O)c1ncc(C(F)(F)F)cc1NC(=O)C(F)(F)F. The van der Waals surface area contributed by atoms with Gasteiger partial charge in [0.1, 0.15) is 0 Å². The van der Waals surface area contributed by atoms with Crippen LogP contribution in [0.3, 0.4) is 0 Å². The third kappa shape index (κ3) is 3.59. The van der Waals surface area contributed by atoms with Gasteiger partial charge in [0.05, 0.1) is 11.3 Å². The summed E-state index contributed by atoms with van der Waals surface area (Å²) in [4.78, 5) is 24.1. The number of amides is 1. The number of carboxylic acid groups (broad SMARTS) is 1. The molecule has 0 fully saturated rings. The summed E-state index contributed by atoms with van der Waals surface area (Å²) in [5.74, 6) is -4.50. The Bertz CT molecular complexity index is 552. The molecule has 0 saturated heterocycles. The molecule has 0 aliphatic heterocycles. The van der Waals surface area contributed by atoms with E-state index in [0.29, 0.717) is 0 Å². The van der Waals surface area contributed by atoms with Crippen LogP contribution in [0.1, 0.15) is 16.1 Å². The maximum Gasteiger partial charge on any atom is 0.471 e. The van der Waals surface area contributed by atoms with E-state index in [1.807, 2.05) is 0 Å². The summed E-state index contributed by atoms with van der Waals surface area (Å²) in [5, 5.41) is 9.64. The minimum atomic E-state index is -5.38. The molecule has 11 heteroatoms. The number of rotatable bonds is 2. The zero-order chi connectivity index (χ0) is 15.7. The van der Waals surface area contributed by atoms with Crippen LogP contribution in [-0.4, -0.2) is 28.1 Å². The van der Waals surface area contributed by atoms with Crippen molar-refractivity contribution >= 4 is 17.6 Å². The summed E-state index contributed by atoms with van der Waals surface area (Å²) < 4.78 is 73.0. The van der Waals surface area contributed by atoms with Crippen LogP contribution < -0.4 is 5.32 Å². The van der Waals surface area contributed by atoms with Crippen LogP contribution in [0.5, 0.6) is 0 Å². The monoisotopic (exact) mass is 302 g/mol. The molecule has 1 amide bonds. The second-order valence-electron chi connectivity index (χ2n) is 3.37. The van der Waals surface area contributed by atoms with E-state index in [9.17, 15) is 35.9 Å². The van der Waals surface area contributed by atoms with Crippen molar-refractivity contribution < 1.29 is 41.0 Å². The largest absolute Gasteiger partial charge is 0.476 e. The highest BCUT2D eigenvalue weighted by molar-refractivity contribution is 6.01. The fourth-order valence-corrected chi connectivity index (χ4v) is 1.08. The van der Waals surface area contributed by atoms with Gasteiger partial charge < -0.3 is 10.4 Å². The molecule has 110 valence electrons. The van der Waals surface area contributed by atoms with Gasteiger partial charge in [-0.05, 0) is 6.07 Å². The number of halogens is 6. The van der Waals surface area contributed by atoms with Crippen LogP contribution in [0.4, 0.5) is 32.0 Å². The summed E-state index contributed by atoms with van der Waals surface area (Å²) in [5.41, 5.74) is -3.84. The minimum Gasteiger partial charge on any atom is -0.476 e. The average molecular weight is 302 g/mol. The summed E-state index contributed by atoms with van der Waals surface area (Å²) in [6, 6.07) is 0.0556. The molecule has 0 spiro atoms. The van der Waals surface area contributed by atoms with Crippen LogP contribution in [0.2, 0.25) is 0 Å². The number of hydrogen-bond acceptors (Lipinski definition) is 3. The van der Waals surface area contributed by atoms with Gasteiger partial charge >= 0.3 is 24.2 Å². The van der Waals surface area contributed by atoms with Crippen molar-refractivity contribution in [3.05, 3.63) is 23.5 Å². The number of nitrogens with one attached hydrogen (secondary N) is 1. The number of anilines is 1. The second-order valence-corrected chi connectivity index (χ2v) is 3.37. The predicted molar refractivity (Wildman–Crippen MR) is 50.9 cm³/mol. The lowest BCUT2D eigenvalue weighted by atomic mass is 10.2. The van der Waals surface area contributed by atoms with Gasteiger partial charge in [-0.25, -0.2) is 9.78 Å². The molecule has 1 aromatic heterocycles. The highest BCUT2D eigenvalue weighted by atomic mass is 19.4. The van der Waals surface area contributed by atoms with Crippen LogP contribution >= 0.6 is 0 Å². The maximum absolute atomic E-state index is 12.3. The Kier molecular flexibility index (Phi) is 3.92. The first-order valence-corrected chi connectivity index (χ1v) is 4.61. The molecule has 1 heterocycles. The van der Waals surface area contributed by atoms with E-state index in [-0.39, 0.29) is 12.3 Å². The molecule has 0 aliphatic carbocycles. The maximum atomic E-state index is 12.3. The lowest BCUT2D eigenvalue weighted by molar-refractivity contribution is -0.167. The Labute approximate surface area is 106 Å². The number of aromatic nitrogens is 1. The summed E-state index contributed by atoms with van der Waals surface area (Å²) in [6.45, 7) is 0. The topological polar surface area (TPSA) is 79.3 Å². The molecule has 0 unspecified atom stereocenters. The Morgan fingerprint density at radius 3 is 2.10 bits per heavy atom. The molecule has 0 radical (unpaired) electrons. The standard InChI is InChI=1S/C9H4F6N2O3/c10-8(11,12)3-1-4(5(6(18)19)16-2-3)17-7(20)9(13,14)15/h1-2H,(H,17,20)(H,18,19). The number of carboxylic acids is 1. The van der Waals surface area contributed by atoms with E-state index < -0.39 is 41.2 Å². The Morgan fingerprint density at radius 1 is 1.15 bits per heavy atom. The second kappa shape index (κ2) is 4.98. The third-order valence-corrected chi connectivity index (χ3v) is 1.92. The predicted octanol–water partition coefficient (Wildman–Crippen LogP) is 2.30. The fourth-order valence-electron chi connectivity index (χ4n) is 1.08. The molecule has 0 aliphatic rings. The van der Waals surface area contributed by atoms with Crippen LogP contribution in [0, 0.1) is 0 Å². The van der Waals surface area contributed by atoms with Crippen molar-refractivity contribution in [1.82, 2.24) is 4.98 Å². The van der Waals surface area contributed by atoms with Crippen molar-refractivity contribution in [3.8, 4) is 0 Å². The lowest BCUT2D eigenvalue weighted by Gasteiger charge is -2.12. The quantitative estimate of drug-likeness (QED) is 0.822. The molecule has 0 atom stereocenters. The molecule has 20 heavy (non-hydrogen) atoms. The van der Waals surface area contributed by atoms with Gasteiger partial charge in [0.25, 0.3) is 0 Å². The van der Waals surface area contributed by atoms with Crippen LogP contribution in [-0.2, 0) is 11.0 Å². The van der Waals surface area contributed by atoms with E-state index in [1.54, 1.807) is 0 Å². The third-order valence-electron chi connectivity index (χ3n) is 1.92. The van der Waals surface area contributed by atoms with Crippen molar-refractivity contribution in [1.29, 1.82) is 0 Å². The average Bonchev–Trinajstić information content (AvgIpc) is 2.25. The highest BCUT2D eigenvalue weighted by Gasteiger charge is 2.40. The first-order valence-electron chi connectivity index (χ1n) is 4.61. The Balaban J connectivity index is 3.27. The number of alkyl halides is 6. The van der Waals surface area contributed by atoms with Gasteiger partial charge in [-0.1, -0.05) is 0 Å². The molecule has 2 N–H and O–H groups in total. The van der Waals surface area contributed by atoms with E-state index in [4.69, 9.17) is 5.11 Å². The van der Waals surface area contributed by atoms with E-state index in [0.717, 1.165) is 5.32 Å². The van der Waals surface area contributed by atoms with E-state index in [1.165, 1.54) is 0 Å². The van der Waals surface area contributed by atoms with Gasteiger partial charge in [0.15, 0.2) is 5.69 Å². The lowest BCUT2D eigenvalue weighted by Crippen LogP contribution is -2.31. The number of pyridine rings is 1. The first kappa shape index (κ1) is 15.7. The Morgan fingerprint density at radius 2 is 1.70 bits per heavy atom. The van der Waals surface area contributed by atoms with Crippen molar-refractivity contribution in [2.75, 3.05) is 5.32 Å². The number of aromatic carboxylic acids is 1. The molecule has 0 bridgehead atoms. The first-order chi connectivity index (χ1) is 8.93. The van der Waals surface area contributed by atoms with Gasteiger partial charge in [0.2, 0.25) is 0 Å². The molecule has 5 nitrogen and oxygen atoms in total. The van der Waals surface area contributed by atoms with Crippen molar-refractivity contribution in [3.63, 3.8) is 0 Å². The normalized spacial score (nSPS) is 12.1. The highest BCUT2D eigenvalue weighted by Crippen LogP contribution is 2.31. The van der Waals surface area contributed by atoms with Gasteiger partial charge in [-0.15, -0.1) is 0 Å². The van der Waals surface area contributed by atoms with Gasteiger partial charge in [-0.3, -0.25) is 4.79 Å². The molecule has 1 aromatic rings. The summed E-state index contributed by atoms with van der Waals surface area (Å²) in [7, 11) is 0. The van der Waals surface area contributed by atoms with Crippen LogP contribution in [0.25, 0.3) is 0 Å². The van der Waals surface area contributed by atoms with Crippen LogP contribution in [0.15, 0.2) is 12.3 Å². The Hall–Kier alpha value is -2.33. The zero-order valence-electron chi connectivity index (χ0n) is 9.13. The van der Waals surface area contributed by atoms with Gasteiger partial charge in [0, 0.05) is 6.20 Å². The van der Waals surface area contributed by atoms with E-state index >= 15 is 0 Å². The molecule has 0 saturated carbocycles. The number of carbonyl (C=O) groups is 2. The molecular weight excluding hydrogens is 298 g/mol. The molecular formula is C9H4F6N2O3.